The summed E-state index contributed by atoms with van der Waals surface area (Å²) in [6.45, 7) is 2.05. The van der Waals surface area contributed by atoms with Gasteiger partial charge in [-0.05, 0) is 31.1 Å². The van der Waals surface area contributed by atoms with E-state index in [1.54, 1.807) is 0 Å². The second kappa shape index (κ2) is 5.85. The van der Waals surface area contributed by atoms with E-state index in [2.05, 4.69) is 0 Å². The number of carbonyl (C=O) groups excluding carboxylic acids is 1. The SMILES string of the molecule is C[C@]12CC[C@@H](O)[C@H](/C=C/[C@@H](O)CC3CCCC3)[C@H]1CC2=O. The molecule has 2 N–H and O–H groups in total. The number of Topliss-reactive ketones (excluding diaryl/α,β-unsaturated/α-hetero) is 1. The zero-order valence-corrected chi connectivity index (χ0v) is 13.0. The van der Waals surface area contributed by atoms with Crippen molar-refractivity contribution in [2.75, 3.05) is 0 Å². The summed E-state index contributed by atoms with van der Waals surface area (Å²) in [5.41, 5.74) is -0.218. The fourth-order valence-corrected chi connectivity index (χ4v) is 4.71. The number of carbonyl (C=O) groups is 1. The lowest BCUT2D eigenvalue weighted by Crippen LogP contribution is -2.56. The van der Waals surface area contributed by atoms with Crippen LogP contribution in [0.1, 0.15) is 58.3 Å². The van der Waals surface area contributed by atoms with Gasteiger partial charge in [0, 0.05) is 17.8 Å². The summed E-state index contributed by atoms with van der Waals surface area (Å²) in [5, 5.41) is 20.4. The highest BCUT2D eigenvalue weighted by atomic mass is 16.3. The number of hydrogen-bond acceptors (Lipinski definition) is 3. The Morgan fingerprint density at radius 1 is 1.33 bits per heavy atom. The van der Waals surface area contributed by atoms with Gasteiger partial charge >= 0.3 is 0 Å². The minimum Gasteiger partial charge on any atom is -0.393 e. The van der Waals surface area contributed by atoms with Gasteiger partial charge in [-0.3, -0.25) is 4.79 Å². The van der Waals surface area contributed by atoms with Crippen LogP contribution in [-0.2, 0) is 4.79 Å². The van der Waals surface area contributed by atoms with Crippen LogP contribution >= 0.6 is 0 Å². The summed E-state index contributed by atoms with van der Waals surface area (Å²) in [6, 6.07) is 0. The van der Waals surface area contributed by atoms with Crippen LogP contribution < -0.4 is 0 Å². The molecule has 3 saturated carbocycles. The highest BCUT2D eigenvalue weighted by molar-refractivity contribution is 5.91. The second-order valence-electron chi connectivity index (χ2n) is 7.67. The lowest BCUT2D eigenvalue weighted by molar-refractivity contribution is -0.157. The van der Waals surface area contributed by atoms with Crippen LogP contribution in [0.25, 0.3) is 0 Å². The molecule has 3 nitrogen and oxygen atoms in total. The largest absolute Gasteiger partial charge is 0.393 e. The third-order valence-electron chi connectivity index (χ3n) is 6.33. The quantitative estimate of drug-likeness (QED) is 0.783. The summed E-state index contributed by atoms with van der Waals surface area (Å²) in [4.78, 5) is 11.9. The molecule has 0 heterocycles. The predicted molar refractivity (Wildman–Crippen MR) is 81.7 cm³/mol. The first-order chi connectivity index (χ1) is 10.0. The van der Waals surface area contributed by atoms with Gasteiger partial charge in [-0.25, -0.2) is 0 Å². The smallest absolute Gasteiger partial charge is 0.139 e. The molecule has 0 aromatic heterocycles. The van der Waals surface area contributed by atoms with Gasteiger partial charge in [0.1, 0.15) is 5.78 Å². The number of fused-ring (bicyclic) bond motifs is 1. The molecule has 0 spiro atoms. The van der Waals surface area contributed by atoms with Crippen molar-refractivity contribution in [3.05, 3.63) is 12.2 Å². The van der Waals surface area contributed by atoms with E-state index in [4.69, 9.17) is 0 Å². The molecule has 5 atom stereocenters. The van der Waals surface area contributed by atoms with E-state index in [1.165, 1.54) is 25.7 Å². The van der Waals surface area contributed by atoms with Crippen molar-refractivity contribution in [1.29, 1.82) is 0 Å². The molecule has 3 aliphatic rings. The first-order valence-electron chi connectivity index (χ1n) is 8.58. The van der Waals surface area contributed by atoms with E-state index >= 15 is 0 Å². The maximum absolute atomic E-state index is 11.9. The minimum absolute atomic E-state index is 0.0414. The molecule has 0 radical (unpaired) electrons. The van der Waals surface area contributed by atoms with Gasteiger partial charge in [-0.1, -0.05) is 44.8 Å². The molecule has 3 fully saturated rings. The van der Waals surface area contributed by atoms with Gasteiger partial charge in [0.2, 0.25) is 0 Å². The zero-order valence-electron chi connectivity index (χ0n) is 13.0. The Labute approximate surface area is 127 Å². The van der Waals surface area contributed by atoms with E-state index < -0.39 is 6.10 Å². The number of hydrogen-bond donors (Lipinski definition) is 2. The van der Waals surface area contributed by atoms with E-state index in [1.807, 2.05) is 19.1 Å². The fraction of sp³-hybridized carbons (Fsp3) is 0.833. The number of aliphatic hydroxyl groups is 2. The third-order valence-corrected chi connectivity index (χ3v) is 6.33. The van der Waals surface area contributed by atoms with Crippen LogP contribution in [0.5, 0.6) is 0 Å². The molecule has 0 aliphatic heterocycles. The van der Waals surface area contributed by atoms with Gasteiger partial charge in [0.25, 0.3) is 0 Å². The normalized spacial score (nSPS) is 42.0. The Kier molecular flexibility index (Phi) is 4.24. The van der Waals surface area contributed by atoms with Crippen LogP contribution in [0.15, 0.2) is 12.2 Å². The van der Waals surface area contributed by atoms with Gasteiger partial charge in [0.05, 0.1) is 12.2 Å². The van der Waals surface area contributed by atoms with E-state index in [0.29, 0.717) is 24.5 Å². The molecular weight excluding hydrogens is 264 g/mol. The van der Waals surface area contributed by atoms with Crippen molar-refractivity contribution in [1.82, 2.24) is 0 Å². The van der Waals surface area contributed by atoms with Crippen molar-refractivity contribution in [2.24, 2.45) is 23.2 Å². The van der Waals surface area contributed by atoms with Gasteiger partial charge < -0.3 is 10.2 Å². The summed E-state index contributed by atoms with van der Waals surface area (Å²) < 4.78 is 0. The molecule has 0 aromatic rings. The molecule has 0 saturated heterocycles. The lowest BCUT2D eigenvalue weighted by atomic mass is 9.50. The Bertz CT molecular complexity index is 424. The summed E-state index contributed by atoms with van der Waals surface area (Å²) in [7, 11) is 0. The molecular formula is C18H28O3. The van der Waals surface area contributed by atoms with Crippen LogP contribution in [0.4, 0.5) is 0 Å². The fourth-order valence-electron chi connectivity index (χ4n) is 4.71. The first-order valence-corrected chi connectivity index (χ1v) is 8.58. The Morgan fingerprint density at radius 3 is 2.71 bits per heavy atom. The molecule has 3 rings (SSSR count). The van der Waals surface area contributed by atoms with Crippen LogP contribution in [0, 0.1) is 23.2 Å². The first kappa shape index (κ1) is 15.2. The molecule has 21 heavy (non-hydrogen) atoms. The van der Waals surface area contributed by atoms with E-state index in [0.717, 1.165) is 12.8 Å². The van der Waals surface area contributed by atoms with Crippen LogP contribution in [-0.4, -0.2) is 28.2 Å². The van der Waals surface area contributed by atoms with Gasteiger partial charge in [-0.15, -0.1) is 0 Å². The zero-order chi connectivity index (χ0) is 15.0. The van der Waals surface area contributed by atoms with Crippen molar-refractivity contribution < 1.29 is 15.0 Å². The molecule has 0 unspecified atom stereocenters. The van der Waals surface area contributed by atoms with Gasteiger partial charge in [-0.2, -0.15) is 0 Å². The minimum atomic E-state index is -0.399. The van der Waals surface area contributed by atoms with Crippen LogP contribution in [0.3, 0.4) is 0 Å². The maximum Gasteiger partial charge on any atom is 0.139 e. The molecule has 118 valence electrons. The number of aliphatic hydroxyl groups excluding tert-OH is 2. The maximum atomic E-state index is 11.9. The summed E-state index contributed by atoms with van der Waals surface area (Å²) in [5.74, 6) is 1.32. The van der Waals surface area contributed by atoms with E-state index in [-0.39, 0.29) is 23.4 Å². The standard InChI is InChI=1S/C18H28O3/c1-18-9-8-16(20)14(15(18)11-17(18)21)7-6-13(19)10-12-4-2-3-5-12/h6-7,12-16,19-20H,2-5,8-11H2,1H3/b7-6+/t13-,14-,15-,16-,18+/m1/s1. The molecule has 3 aliphatic carbocycles. The predicted octanol–water partition coefficient (Wildman–Crippen LogP) is 2.85. The van der Waals surface area contributed by atoms with Crippen LogP contribution in [0.2, 0.25) is 0 Å². The van der Waals surface area contributed by atoms with Crippen molar-refractivity contribution in [3.8, 4) is 0 Å². The Morgan fingerprint density at radius 2 is 2.05 bits per heavy atom. The Hall–Kier alpha value is -0.670. The highest BCUT2D eigenvalue weighted by Crippen LogP contribution is 2.55. The Balaban J connectivity index is 1.59. The summed E-state index contributed by atoms with van der Waals surface area (Å²) in [6.07, 6.45) is 11.2. The molecule has 0 amide bonds. The van der Waals surface area contributed by atoms with Gasteiger partial charge in [0.15, 0.2) is 0 Å². The van der Waals surface area contributed by atoms with Crippen molar-refractivity contribution >= 4 is 5.78 Å². The average Bonchev–Trinajstić information content (AvgIpc) is 2.95. The number of ketones is 1. The highest BCUT2D eigenvalue weighted by Gasteiger charge is 2.57. The third kappa shape index (κ3) is 2.83. The lowest BCUT2D eigenvalue weighted by Gasteiger charge is -2.53. The second-order valence-corrected chi connectivity index (χ2v) is 7.67. The van der Waals surface area contributed by atoms with E-state index in [9.17, 15) is 15.0 Å². The topological polar surface area (TPSA) is 57.5 Å². The van der Waals surface area contributed by atoms with Crippen molar-refractivity contribution in [3.63, 3.8) is 0 Å². The monoisotopic (exact) mass is 292 g/mol. The molecule has 0 bridgehead atoms. The summed E-state index contributed by atoms with van der Waals surface area (Å²) >= 11 is 0. The average molecular weight is 292 g/mol. The molecule has 3 heteroatoms. The number of rotatable bonds is 4. The molecule has 0 aromatic carbocycles. The van der Waals surface area contributed by atoms with Crippen molar-refractivity contribution in [2.45, 2.75) is 70.5 Å².